The fourth-order valence-electron chi connectivity index (χ4n) is 3.26. The van der Waals surface area contributed by atoms with Gasteiger partial charge in [-0.15, -0.1) is 0 Å². The highest BCUT2D eigenvalue weighted by Gasteiger charge is 2.28. The highest BCUT2D eigenvalue weighted by Crippen LogP contribution is 2.30. The van der Waals surface area contributed by atoms with Gasteiger partial charge in [0.15, 0.2) is 17.5 Å². The zero-order valence-corrected chi connectivity index (χ0v) is 13.1. The second-order valence-corrected chi connectivity index (χ2v) is 6.72. The van der Waals surface area contributed by atoms with Crippen molar-refractivity contribution in [2.75, 3.05) is 26.2 Å². The zero-order chi connectivity index (χ0) is 16.4. The minimum atomic E-state index is -1.47. The molecular formula is C17H23F3N2O. The first-order chi connectivity index (χ1) is 11.1. The van der Waals surface area contributed by atoms with Crippen molar-refractivity contribution >= 4 is 0 Å². The summed E-state index contributed by atoms with van der Waals surface area (Å²) in [5, 5.41) is 12.8. The van der Waals surface area contributed by atoms with Crippen LogP contribution in [0.3, 0.4) is 0 Å². The lowest BCUT2D eigenvalue weighted by Gasteiger charge is -2.34. The monoisotopic (exact) mass is 328 g/mol. The van der Waals surface area contributed by atoms with Crippen molar-refractivity contribution in [3.8, 4) is 0 Å². The van der Waals surface area contributed by atoms with E-state index in [4.69, 9.17) is 0 Å². The number of nitrogens with zero attached hydrogens (tertiary/aromatic N) is 1. The molecular weight excluding hydrogens is 305 g/mol. The van der Waals surface area contributed by atoms with Gasteiger partial charge in [0.25, 0.3) is 0 Å². The van der Waals surface area contributed by atoms with E-state index in [1.54, 1.807) is 0 Å². The summed E-state index contributed by atoms with van der Waals surface area (Å²) in [6.45, 7) is 2.88. The van der Waals surface area contributed by atoms with Gasteiger partial charge in [0.05, 0.1) is 12.6 Å². The van der Waals surface area contributed by atoms with Gasteiger partial charge >= 0.3 is 0 Å². The van der Waals surface area contributed by atoms with Crippen LogP contribution in [-0.4, -0.2) is 42.3 Å². The minimum Gasteiger partial charge on any atom is -0.394 e. The van der Waals surface area contributed by atoms with Gasteiger partial charge in [0, 0.05) is 12.6 Å². The summed E-state index contributed by atoms with van der Waals surface area (Å²) in [4.78, 5) is 2.46. The Morgan fingerprint density at radius 1 is 1.09 bits per heavy atom. The van der Waals surface area contributed by atoms with Gasteiger partial charge in [-0.05, 0) is 62.4 Å². The van der Waals surface area contributed by atoms with E-state index in [0.29, 0.717) is 0 Å². The molecule has 0 bridgehead atoms. The molecule has 0 spiro atoms. The summed E-state index contributed by atoms with van der Waals surface area (Å²) in [6, 6.07) is 1.52. The van der Waals surface area contributed by atoms with Crippen LogP contribution in [0.15, 0.2) is 12.1 Å². The molecule has 2 aliphatic rings. The van der Waals surface area contributed by atoms with Crippen LogP contribution in [0, 0.1) is 23.4 Å². The van der Waals surface area contributed by atoms with E-state index >= 15 is 0 Å². The average Bonchev–Trinajstić information content (AvgIpc) is 3.35. The molecule has 0 radical (unpaired) electrons. The van der Waals surface area contributed by atoms with Crippen LogP contribution in [0.1, 0.15) is 37.3 Å². The van der Waals surface area contributed by atoms with Crippen molar-refractivity contribution in [1.29, 1.82) is 0 Å². The number of hydrogen-bond donors (Lipinski definition) is 2. The van der Waals surface area contributed by atoms with E-state index in [1.807, 2.05) is 0 Å². The third-order valence-electron chi connectivity index (χ3n) is 4.83. The molecule has 1 saturated carbocycles. The maximum atomic E-state index is 13.4. The van der Waals surface area contributed by atoms with E-state index in [9.17, 15) is 18.3 Å². The summed E-state index contributed by atoms with van der Waals surface area (Å²) < 4.78 is 39.8. The molecule has 23 heavy (non-hydrogen) atoms. The molecule has 3 rings (SSSR count). The molecule has 2 N–H and O–H groups in total. The van der Waals surface area contributed by atoms with Crippen molar-refractivity contribution in [2.24, 2.45) is 5.92 Å². The number of nitrogens with one attached hydrogen (secondary N) is 1. The van der Waals surface area contributed by atoms with Gasteiger partial charge < -0.3 is 15.3 Å². The van der Waals surface area contributed by atoms with Gasteiger partial charge in [-0.1, -0.05) is 0 Å². The lowest BCUT2D eigenvalue weighted by Crippen LogP contribution is -2.44. The second kappa shape index (κ2) is 7.20. The third-order valence-corrected chi connectivity index (χ3v) is 4.83. The largest absolute Gasteiger partial charge is 0.394 e. The molecule has 6 heteroatoms. The van der Waals surface area contributed by atoms with Crippen LogP contribution in [-0.2, 0) is 0 Å². The number of piperidine rings is 1. The van der Waals surface area contributed by atoms with Gasteiger partial charge in [-0.25, -0.2) is 13.2 Å². The first kappa shape index (κ1) is 16.7. The molecule has 0 aromatic heterocycles. The second-order valence-electron chi connectivity index (χ2n) is 6.72. The van der Waals surface area contributed by atoms with Crippen molar-refractivity contribution in [3.63, 3.8) is 0 Å². The van der Waals surface area contributed by atoms with Crippen LogP contribution in [0.4, 0.5) is 13.2 Å². The molecule has 1 heterocycles. The SMILES string of the molecule is OCC(NC1CCN(CC2CC2)CC1)c1cc(F)c(F)c(F)c1. The smallest absolute Gasteiger partial charge is 0.194 e. The fraction of sp³-hybridized carbons (Fsp3) is 0.647. The molecule has 0 amide bonds. The van der Waals surface area contributed by atoms with Gasteiger partial charge in [-0.2, -0.15) is 0 Å². The average molecular weight is 328 g/mol. The Kier molecular flexibility index (Phi) is 5.24. The van der Waals surface area contributed by atoms with Gasteiger partial charge in [0.1, 0.15) is 0 Å². The Morgan fingerprint density at radius 2 is 1.70 bits per heavy atom. The Balaban J connectivity index is 1.57. The summed E-state index contributed by atoms with van der Waals surface area (Å²) >= 11 is 0. The summed E-state index contributed by atoms with van der Waals surface area (Å²) in [5.74, 6) is -3.05. The summed E-state index contributed by atoms with van der Waals surface area (Å²) in [5.41, 5.74) is 0.240. The quantitative estimate of drug-likeness (QED) is 0.788. The molecule has 1 aromatic rings. The molecule has 3 nitrogen and oxygen atoms in total. The molecule has 1 aliphatic carbocycles. The Labute approximate surface area is 134 Å². The standard InChI is InChI=1S/C17H23F3N2O/c18-14-7-12(8-15(19)17(14)20)16(10-23)21-13-3-5-22(6-4-13)9-11-1-2-11/h7-8,11,13,16,21,23H,1-6,9-10H2. The topological polar surface area (TPSA) is 35.5 Å². The van der Waals surface area contributed by atoms with Crippen LogP contribution in [0.5, 0.6) is 0 Å². The minimum absolute atomic E-state index is 0.193. The number of rotatable bonds is 6. The summed E-state index contributed by atoms with van der Waals surface area (Å²) in [6.07, 6.45) is 4.56. The predicted molar refractivity (Wildman–Crippen MR) is 81.5 cm³/mol. The van der Waals surface area contributed by atoms with Crippen LogP contribution < -0.4 is 5.32 Å². The highest BCUT2D eigenvalue weighted by atomic mass is 19.2. The molecule has 128 valence electrons. The van der Waals surface area contributed by atoms with E-state index in [-0.39, 0.29) is 18.2 Å². The van der Waals surface area contributed by atoms with E-state index in [0.717, 1.165) is 44.0 Å². The van der Waals surface area contributed by atoms with E-state index in [1.165, 1.54) is 19.4 Å². The van der Waals surface area contributed by atoms with Gasteiger partial charge in [0.2, 0.25) is 0 Å². The third kappa shape index (κ3) is 4.25. The van der Waals surface area contributed by atoms with Gasteiger partial charge in [-0.3, -0.25) is 0 Å². The first-order valence-corrected chi connectivity index (χ1v) is 8.30. The normalized spacial score (nSPS) is 21.6. The molecule has 2 fully saturated rings. The van der Waals surface area contributed by atoms with Crippen molar-refractivity contribution in [2.45, 2.75) is 37.8 Å². The van der Waals surface area contributed by atoms with E-state index in [2.05, 4.69) is 10.2 Å². The Hall–Kier alpha value is -1.11. The number of likely N-dealkylation sites (tertiary alicyclic amines) is 1. The molecule has 1 atom stereocenters. The fourth-order valence-corrected chi connectivity index (χ4v) is 3.26. The highest BCUT2D eigenvalue weighted by molar-refractivity contribution is 5.23. The Morgan fingerprint density at radius 3 is 2.22 bits per heavy atom. The predicted octanol–water partition coefficient (Wildman–Crippen LogP) is 2.60. The Bertz CT molecular complexity index is 520. The molecule has 1 aliphatic heterocycles. The lowest BCUT2D eigenvalue weighted by atomic mass is 10.0. The number of halogens is 3. The molecule has 1 aromatic carbocycles. The lowest BCUT2D eigenvalue weighted by molar-refractivity contribution is 0.167. The van der Waals surface area contributed by atoms with Crippen molar-refractivity contribution in [1.82, 2.24) is 10.2 Å². The van der Waals surface area contributed by atoms with Crippen LogP contribution >= 0.6 is 0 Å². The van der Waals surface area contributed by atoms with E-state index < -0.39 is 23.5 Å². The van der Waals surface area contributed by atoms with Crippen LogP contribution in [0.2, 0.25) is 0 Å². The maximum absolute atomic E-state index is 13.4. The summed E-state index contributed by atoms with van der Waals surface area (Å²) in [7, 11) is 0. The number of aliphatic hydroxyl groups excluding tert-OH is 1. The van der Waals surface area contributed by atoms with Crippen LogP contribution in [0.25, 0.3) is 0 Å². The number of hydrogen-bond acceptors (Lipinski definition) is 3. The number of benzene rings is 1. The zero-order valence-electron chi connectivity index (χ0n) is 13.1. The molecule has 1 unspecified atom stereocenters. The van der Waals surface area contributed by atoms with Crippen molar-refractivity contribution in [3.05, 3.63) is 35.1 Å². The maximum Gasteiger partial charge on any atom is 0.194 e. The first-order valence-electron chi connectivity index (χ1n) is 8.30. The van der Waals surface area contributed by atoms with Crippen molar-refractivity contribution < 1.29 is 18.3 Å². The molecule has 1 saturated heterocycles. The number of aliphatic hydroxyl groups is 1.